The summed E-state index contributed by atoms with van der Waals surface area (Å²) in [5, 5.41) is 0. The van der Waals surface area contributed by atoms with E-state index in [1.807, 2.05) is 30.3 Å². The highest BCUT2D eigenvalue weighted by atomic mass is 16.5. The van der Waals surface area contributed by atoms with Crippen LogP contribution in [0.5, 0.6) is 11.6 Å². The number of aromatic nitrogens is 1. The highest BCUT2D eigenvalue weighted by molar-refractivity contribution is 5.27. The van der Waals surface area contributed by atoms with Crippen molar-refractivity contribution in [1.29, 1.82) is 0 Å². The zero-order chi connectivity index (χ0) is 18.5. The van der Waals surface area contributed by atoms with Crippen molar-refractivity contribution in [2.24, 2.45) is 5.41 Å². The molecule has 0 radical (unpaired) electrons. The lowest BCUT2D eigenvalue weighted by molar-refractivity contribution is -0.141. The van der Waals surface area contributed by atoms with E-state index in [9.17, 15) is 0 Å². The highest BCUT2D eigenvalue weighted by Gasteiger charge is 2.46. The smallest absolute Gasteiger partial charge is 0.213 e. The Bertz CT molecular complexity index is 722. The summed E-state index contributed by atoms with van der Waals surface area (Å²) in [7, 11) is 1.70. The van der Waals surface area contributed by atoms with E-state index in [1.54, 1.807) is 13.3 Å². The van der Waals surface area contributed by atoms with Crippen LogP contribution in [0.1, 0.15) is 24.8 Å². The quantitative estimate of drug-likeness (QED) is 0.780. The average molecular weight is 368 g/mol. The van der Waals surface area contributed by atoms with E-state index in [0.29, 0.717) is 12.5 Å². The Morgan fingerprint density at radius 2 is 2.11 bits per heavy atom. The summed E-state index contributed by atoms with van der Waals surface area (Å²) in [4.78, 5) is 6.85. The van der Waals surface area contributed by atoms with Crippen LogP contribution in [0, 0.1) is 5.41 Å². The van der Waals surface area contributed by atoms with E-state index >= 15 is 0 Å². The number of hydrogen-bond acceptors (Lipinski definition) is 5. The van der Waals surface area contributed by atoms with Gasteiger partial charge in [0.2, 0.25) is 5.88 Å². The summed E-state index contributed by atoms with van der Waals surface area (Å²) in [5.74, 6) is 1.60. The number of fused-ring (bicyclic) bond motifs is 1. The van der Waals surface area contributed by atoms with Gasteiger partial charge in [-0.05, 0) is 43.0 Å². The maximum Gasteiger partial charge on any atom is 0.213 e. The molecule has 5 heteroatoms. The molecule has 2 aliphatic heterocycles. The number of benzene rings is 1. The molecule has 0 spiro atoms. The SMILES string of the molecule is COc1ccc(CN2CC[C@H]3OCCC[C@@]3(COc3ccccn3)C2)cc1. The molecule has 4 rings (SSSR count). The van der Waals surface area contributed by atoms with Crippen LogP contribution in [0.4, 0.5) is 0 Å². The summed E-state index contributed by atoms with van der Waals surface area (Å²) < 4.78 is 17.5. The Balaban J connectivity index is 1.45. The van der Waals surface area contributed by atoms with Gasteiger partial charge in [-0.15, -0.1) is 0 Å². The zero-order valence-corrected chi connectivity index (χ0v) is 16.0. The van der Waals surface area contributed by atoms with Gasteiger partial charge in [0.25, 0.3) is 0 Å². The number of pyridine rings is 1. The average Bonchev–Trinajstić information content (AvgIpc) is 2.73. The van der Waals surface area contributed by atoms with Crippen LogP contribution in [0.15, 0.2) is 48.7 Å². The number of likely N-dealkylation sites (tertiary alicyclic amines) is 1. The van der Waals surface area contributed by atoms with Gasteiger partial charge in [-0.25, -0.2) is 4.98 Å². The van der Waals surface area contributed by atoms with Gasteiger partial charge in [-0.1, -0.05) is 18.2 Å². The number of piperidine rings is 1. The molecule has 0 amide bonds. The number of methoxy groups -OCH3 is 1. The number of rotatable bonds is 6. The van der Waals surface area contributed by atoms with E-state index in [2.05, 4.69) is 22.0 Å². The molecule has 144 valence electrons. The molecule has 0 unspecified atom stereocenters. The zero-order valence-electron chi connectivity index (χ0n) is 16.0. The van der Waals surface area contributed by atoms with Gasteiger partial charge in [-0.2, -0.15) is 0 Å². The van der Waals surface area contributed by atoms with Crippen molar-refractivity contribution in [3.05, 3.63) is 54.2 Å². The molecule has 2 saturated heterocycles. The van der Waals surface area contributed by atoms with E-state index in [4.69, 9.17) is 14.2 Å². The first-order chi connectivity index (χ1) is 13.3. The summed E-state index contributed by atoms with van der Waals surface area (Å²) in [5.41, 5.74) is 1.35. The second-order valence-electron chi connectivity index (χ2n) is 7.63. The van der Waals surface area contributed by atoms with Crippen LogP contribution < -0.4 is 9.47 Å². The molecule has 27 heavy (non-hydrogen) atoms. The fourth-order valence-corrected chi connectivity index (χ4v) is 4.37. The molecule has 0 saturated carbocycles. The molecule has 5 nitrogen and oxygen atoms in total. The molecule has 1 aromatic heterocycles. The topological polar surface area (TPSA) is 43.8 Å². The van der Waals surface area contributed by atoms with Gasteiger partial charge in [0.15, 0.2) is 0 Å². The lowest BCUT2D eigenvalue weighted by Gasteiger charge is -2.50. The number of nitrogens with zero attached hydrogens (tertiary/aromatic N) is 2. The summed E-state index contributed by atoms with van der Waals surface area (Å²) in [6.07, 6.45) is 5.35. The molecule has 3 heterocycles. The van der Waals surface area contributed by atoms with Gasteiger partial charge in [0, 0.05) is 43.9 Å². The molecule has 2 fully saturated rings. The molecule has 2 atom stereocenters. The molecular weight excluding hydrogens is 340 g/mol. The Morgan fingerprint density at radius 3 is 2.89 bits per heavy atom. The second kappa shape index (κ2) is 8.28. The maximum atomic E-state index is 6.16. The highest BCUT2D eigenvalue weighted by Crippen LogP contribution is 2.41. The third-order valence-corrected chi connectivity index (χ3v) is 5.78. The standard InChI is InChI=1S/C22H28N2O3/c1-25-19-8-6-18(7-9-19)15-24-13-10-20-22(16-24,11-4-14-26-20)17-27-21-5-2-3-12-23-21/h2-3,5-9,12,20H,4,10-11,13-17H2,1H3/t20-,22+/m1/s1. The molecule has 2 aliphatic rings. The minimum Gasteiger partial charge on any atom is -0.497 e. The van der Waals surface area contributed by atoms with Gasteiger partial charge in [0.1, 0.15) is 5.75 Å². The Labute approximate surface area is 161 Å². The largest absolute Gasteiger partial charge is 0.497 e. The van der Waals surface area contributed by atoms with Crippen molar-refractivity contribution < 1.29 is 14.2 Å². The van der Waals surface area contributed by atoms with Crippen molar-refractivity contribution in [3.8, 4) is 11.6 Å². The molecule has 0 N–H and O–H groups in total. The molecule has 0 bridgehead atoms. The minimum atomic E-state index is 0.0422. The summed E-state index contributed by atoms with van der Waals surface area (Å²) in [6.45, 7) is 4.53. The van der Waals surface area contributed by atoms with E-state index in [1.165, 1.54) is 5.56 Å². The lowest BCUT2D eigenvalue weighted by Crippen LogP contribution is -2.57. The Morgan fingerprint density at radius 1 is 1.22 bits per heavy atom. The van der Waals surface area contributed by atoms with Crippen molar-refractivity contribution in [2.75, 3.05) is 33.4 Å². The number of ether oxygens (including phenoxy) is 3. The van der Waals surface area contributed by atoms with Gasteiger partial charge in [-0.3, -0.25) is 4.90 Å². The first-order valence-electron chi connectivity index (χ1n) is 9.78. The van der Waals surface area contributed by atoms with Crippen LogP contribution in [-0.2, 0) is 11.3 Å². The molecule has 1 aromatic carbocycles. The van der Waals surface area contributed by atoms with E-state index in [0.717, 1.165) is 51.3 Å². The molecular formula is C22H28N2O3. The normalized spacial score (nSPS) is 25.6. The fourth-order valence-electron chi connectivity index (χ4n) is 4.37. The molecule has 0 aliphatic carbocycles. The van der Waals surface area contributed by atoms with Crippen LogP contribution in [-0.4, -0.2) is 49.4 Å². The first-order valence-corrected chi connectivity index (χ1v) is 9.78. The summed E-state index contributed by atoms with van der Waals surface area (Å²) >= 11 is 0. The Kier molecular flexibility index (Phi) is 5.60. The molecule has 2 aromatic rings. The predicted molar refractivity (Wildman–Crippen MR) is 104 cm³/mol. The van der Waals surface area contributed by atoms with E-state index < -0.39 is 0 Å². The first kappa shape index (κ1) is 18.3. The van der Waals surface area contributed by atoms with Crippen molar-refractivity contribution in [2.45, 2.75) is 31.9 Å². The Hall–Kier alpha value is -2.11. The second-order valence-corrected chi connectivity index (χ2v) is 7.63. The van der Waals surface area contributed by atoms with Crippen molar-refractivity contribution >= 4 is 0 Å². The van der Waals surface area contributed by atoms with Gasteiger partial charge in [0.05, 0.1) is 19.8 Å². The van der Waals surface area contributed by atoms with Crippen LogP contribution >= 0.6 is 0 Å². The van der Waals surface area contributed by atoms with E-state index in [-0.39, 0.29) is 11.5 Å². The monoisotopic (exact) mass is 368 g/mol. The van der Waals surface area contributed by atoms with Crippen molar-refractivity contribution in [3.63, 3.8) is 0 Å². The number of hydrogen-bond donors (Lipinski definition) is 0. The third-order valence-electron chi connectivity index (χ3n) is 5.78. The van der Waals surface area contributed by atoms with Crippen LogP contribution in [0.25, 0.3) is 0 Å². The predicted octanol–water partition coefficient (Wildman–Crippen LogP) is 3.54. The minimum absolute atomic E-state index is 0.0422. The third kappa shape index (κ3) is 4.25. The fraction of sp³-hybridized carbons (Fsp3) is 0.500. The van der Waals surface area contributed by atoms with Crippen molar-refractivity contribution in [1.82, 2.24) is 9.88 Å². The van der Waals surface area contributed by atoms with Crippen LogP contribution in [0.3, 0.4) is 0 Å². The van der Waals surface area contributed by atoms with Gasteiger partial charge >= 0.3 is 0 Å². The van der Waals surface area contributed by atoms with Gasteiger partial charge < -0.3 is 14.2 Å². The summed E-state index contributed by atoms with van der Waals surface area (Å²) in [6, 6.07) is 14.2. The maximum absolute atomic E-state index is 6.16. The van der Waals surface area contributed by atoms with Crippen LogP contribution in [0.2, 0.25) is 0 Å². The lowest BCUT2D eigenvalue weighted by atomic mass is 9.73.